The van der Waals surface area contributed by atoms with Crippen LogP contribution in [0.2, 0.25) is 0 Å². The maximum Gasteiger partial charge on any atom is 0.123 e. The van der Waals surface area contributed by atoms with E-state index in [1.807, 2.05) is 17.7 Å². The van der Waals surface area contributed by atoms with Crippen LogP contribution in [-0.2, 0) is 13.6 Å². The van der Waals surface area contributed by atoms with Gasteiger partial charge in [0.15, 0.2) is 0 Å². The van der Waals surface area contributed by atoms with Crippen molar-refractivity contribution < 1.29 is 0 Å². The van der Waals surface area contributed by atoms with Crippen molar-refractivity contribution in [3.63, 3.8) is 0 Å². The van der Waals surface area contributed by atoms with Crippen molar-refractivity contribution in [2.75, 3.05) is 0 Å². The molecule has 0 spiro atoms. The highest BCUT2D eigenvalue weighted by Crippen LogP contribution is 2.32. The van der Waals surface area contributed by atoms with Crippen molar-refractivity contribution in [3.8, 4) is 10.6 Å². The summed E-state index contributed by atoms with van der Waals surface area (Å²) in [6.07, 6.45) is 0. The first kappa shape index (κ1) is 10.9. The zero-order chi connectivity index (χ0) is 11.0. The standard InChI is InChI=1S/C10H12BrN3S/c1-6-10(7-3-4-8(11)15-7)13-9(5-12)14(6)2/h3-4H,5,12H2,1-2H3. The molecule has 0 amide bonds. The fourth-order valence-corrected chi connectivity index (χ4v) is 2.92. The van der Waals surface area contributed by atoms with Crippen molar-refractivity contribution >= 4 is 27.3 Å². The molecule has 0 unspecified atom stereocenters. The van der Waals surface area contributed by atoms with Gasteiger partial charge < -0.3 is 10.3 Å². The zero-order valence-corrected chi connectivity index (χ0v) is 11.0. The number of imidazole rings is 1. The predicted molar refractivity (Wildman–Crippen MR) is 66.8 cm³/mol. The van der Waals surface area contributed by atoms with E-state index in [9.17, 15) is 0 Å². The largest absolute Gasteiger partial charge is 0.334 e. The molecule has 5 heteroatoms. The van der Waals surface area contributed by atoms with Crippen molar-refractivity contribution in [3.05, 3.63) is 27.4 Å². The minimum absolute atomic E-state index is 0.476. The predicted octanol–water partition coefficient (Wildman–Crippen LogP) is 2.68. The Balaban J connectivity index is 2.53. The van der Waals surface area contributed by atoms with E-state index in [0.717, 1.165) is 21.0 Å². The quantitative estimate of drug-likeness (QED) is 0.922. The second-order valence-electron chi connectivity index (χ2n) is 3.33. The summed E-state index contributed by atoms with van der Waals surface area (Å²) in [5.41, 5.74) is 7.82. The SMILES string of the molecule is Cc1c(-c2ccc(Br)s2)nc(CN)n1C. The lowest BCUT2D eigenvalue weighted by molar-refractivity contribution is 0.774. The van der Waals surface area contributed by atoms with E-state index >= 15 is 0 Å². The van der Waals surface area contributed by atoms with Gasteiger partial charge in [-0.25, -0.2) is 4.98 Å². The van der Waals surface area contributed by atoms with Gasteiger partial charge >= 0.3 is 0 Å². The minimum Gasteiger partial charge on any atom is -0.334 e. The first-order valence-corrected chi connectivity index (χ1v) is 6.22. The molecule has 2 aromatic heterocycles. The summed E-state index contributed by atoms with van der Waals surface area (Å²) >= 11 is 5.14. The van der Waals surface area contributed by atoms with Gasteiger partial charge in [0.1, 0.15) is 11.5 Å². The lowest BCUT2D eigenvalue weighted by atomic mass is 10.3. The van der Waals surface area contributed by atoms with Crippen LogP contribution in [-0.4, -0.2) is 9.55 Å². The second kappa shape index (κ2) is 4.08. The molecule has 0 radical (unpaired) electrons. The summed E-state index contributed by atoms with van der Waals surface area (Å²) in [5, 5.41) is 0. The average molecular weight is 286 g/mol. The van der Waals surface area contributed by atoms with Crippen LogP contribution in [0.5, 0.6) is 0 Å². The number of nitrogens with two attached hydrogens (primary N) is 1. The van der Waals surface area contributed by atoms with E-state index in [0.29, 0.717) is 6.54 Å². The molecule has 0 fully saturated rings. The summed E-state index contributed by atoms with van der Waals surface area (Å²) in [6.45, 7) is 2.54. The van der Waals surface area contributed by atoms with Gasteiger partial charge in [0.2, 0.25) is 0 Å². The Labute approximate surface area is 101 Å². The van der Waals surface area contributed by atoms with E-state index in [4.69, 9.17) is 5.73 Å². The molecule has 15 heavy (non-hydrogen) atoms. The number of halogens is 1. The van der Waals surface area contributed by atoms with Crippen LogP contribution >= 0.6 is 27.3 Å². The van der Waals surface area contributed by atoms with Crippen molar-refractivity contribution in [2.45, 2.75) is 13.5 Å². The Morgan fingerprint density at radius 3 is 2.73 bits per heavy atom. The number of thiophene rings is 1. The van der Waals surface area contributed by atoms with Gasteiger partial charge in [-0.1, -0.05) is 0 Å². The van der Waals surface area contributed by atoms with E-state index < -0.39 is 0 Å². The molecule has 0 aromatic carbocycles. The highest BCUT2D eigenvalue weighted by molar-refractivity contribution is 9.11. The smallest absolute Gasteiger partial charge is 0.123 e. The van der Waals surface area contributed by atoms with Gasteiger partial charge in [-0.05, 0) is 35.0 Å². The fourth-order valence-electron chi connectivity index (χ4n) is 1.49. The Kier molecular flexibility index (Phi) is 2.95. The van der Waals surface area contributed by atoms with E-state index in [1.54, 1.807) is 11.3 Å². The van der Waals surface area contributed by atoms with Crippen LogP contribution in [0, 0.1) is 6.92 Å². The zero-order valence-electron chi connectivity index (χ0n) is 8.62. The molecule has 80 valence electrons. The van der Waals surface area contributed by atoms with Gasteiger partial charge in [0.05, 0.1) is 15.2 Å². The van der Waals surface area contributed by atoms with Crippen LogP contribution in [0.25, 0.3) is 10.6 Å². The molecular weight excluding hydrogens is 274 g/mol. The first-order chi connectivity index (χ1) is 7.13. The molecule has 2 N–H and O–H groups in total. The fraction of sp³-hybridized carbons (Fsp3) is 0.300. The van der Waals surface area contributed by atoms with E-state index in [-0.39, 0.29) is 0 Å². The maximum atomic E-state index is 5.63. The van der Waals surface area contributed by atoms with Gasteiger partial charge in [-0.15, -0.1) is 11.3 Å². The van der Waals surface area contributed by atoms with Gasteiger partial charge in [0.25, 0.3) is 0 Å². The van der Waals surface area contributed by atoms with Crippen molar-refractivity contribution in [1.29, 1.82) is 0 Å². The van der Waals surface area contributed by atoms with Crippen LogP contribution in [0.3, 0.4) is 0 Å². The third-order valence-electron chi connectivity index (χ3n) is 2.46. The summed E-state index contributed by atoms with van der Waals surface area (Å²) < 4.78 is 3.17. The number of nitrogens with zero attached hydrogens (tertiary/aromatic N) is 2. The van der Waals surface area contributed by atoms with Gasteiger partial charge in [-0.2, -0.15) is 0 Å². The third-order valence-corrected chi connectivity index (χ3v) is 4.09. The topological polar surface area (TPSA) is 43.8 Å². The normalized spacial score (nSPS) is 10.9. The molecule has 0 aliphatic heterocycles. The minimum atomic E-state index is 0.476. The molecule has 0 aliphatic rings. The molecule has 3 nitrogen and oxygen atoms in total. The third kappa shape index (κ3) is 1.87. The summed E-state index contributed by atoms with van der Waals surface area (Å²) in [6, 6.07) is 4.11. The lowest BCUT2D eigenvalue weighted by Gasteiger charge is -1.98. The molecule has 0 saturated carbocycles. The van der Waals surface area contributed by atoms with Crippen LogP contribution in [0.1, 0.15) is 11.5 Å². The lowest BCUT2D eigenvalue weighted by Crippen LogP contribution is -2.05. The Morgan fingerprint density at radius 2 is 2.27 bits per heavy atom. The molecule has 0 bridgehead atoms. The maximum absolute atomic E-state index is 5.63. The number of rotatable bonds is 2. The highest BCUT2D eigenvalue weighted by atomic mass is 79.9. The Morgan fingerprint density at radius 1 is 1.53 bits per heavy atom. The van der Waals surface area contributed by atoms with Crippen LogP contribution < -0.4 is 5.73 Å². The van der Waals surface area contributed by atoms with Crippen LogP contribution in [0.15, 0.2) is 15.9 Å². The number of hydrogen-bond donors (Lipinski definition) is 1. The van der Waals surface area contributed by atoms with Crippen LogP contribution in [0.4, 0.5) is 0 Å². The molecule has 0 saturated heterocycles. The monoisotopic (exact) mass is 285 g/mol. The summed E-state index contributed by atoms with van der Waals surface area (Å²) in [4.78, 5) is 5.71. The summed E-state index contributed by atoms with van der Waals surface area (Å²) in [7, 11) is 2.00. The number of hydrogen-bond acceptors (Lipinski definition) is 3. The molecule has 0 atom stereocenters. The molecular formula is C10H12BrN3S. The van der Waals surface area contributed by atoms with E-state index in [2.05, 4.69) is 33.9 Å². The van der Waals surface area contributed by atoms with Crippen molar-refractivity contribution in [1.82, 2.24) is 9.55 Å². The average Bonchev–Trinajstić information content (AvgIpc) is 2.74. The first-order valence-electron chi connectivity index (χ1n) is 4.61. The molecule has 2 rings (SSSR count). The molecule has 0 aliphatic carbocycles. The Hall–Kier alpha value is -0.650. The van der Waals surface area contributed by atoms with Gasteiger partial charge in [-0.3, -0.25) is 0 Å². The van der Waals surface area contributed by atoms with E-state index in [1.165, 1.54) is 4.88 Å². The number of aromatic nitrogens is 2. The molecule has 2 aromatic rings. The van der Waals surface area contributed by atoms with Crippen molar-refractivity contribution in [2.24, 2.45) is 12.8 Å². The molecule has 2 heterocycles. The second-order valence-corrected chi connectivity index (χ2v) is 5.79. The Bertz CT molecular complexity index is 487. The van der Waals surface area contributed by atoms with Gasteiger partial charge in [0, 0.05) is 12.7 Å². The highest BCUT2D eigenvalue weighted by Gasteiger charge is 2.13. The summed E-state index contributed by atoms with van der Waals surface area (Å²) in [5.74, 6) is 0.923.